The molecular weight excluding hydrogens is 320 g/mol. The van der Waals surface area contributed by atoms with Gasteiger partial charge in [-0.15, -0.1) is 0 Å². The monoisotopic (exact) mass is 354 g/mol. The number of likely N-dealkylation sites (N-methyl/N-ethyl adjacent to an activating group) is 1. The van der Waals surface area contributed by atoms with Crippen LogP contribution in [0.25, 0.3) is 0 Å². The second-order valence-corrected chi connectivity index (χ2v) is 7.40. The van der Waals surface area contributed by atoms with Gasteiger partial charge in [0.15, 0.2) is 11.7 Å². The molecule has 1 atom stereocenters. The van der Waals surface area contributed by atoms with Gasteiger partial charge in [0.25, 0.3) is 0 Å². The number of amides is 1. The van der Waals surface area contributed by atoms with Gasteiger partial charge in [0.2, 0.25) is 5.91 Å². The zero-order chi connectivity index (χ0) is 18.3. The molecule has 1 spiro atoms. The normalized spacial score (nSPS) is 29.7. The van der Waals surface area contributed by atoms with Gasteiger partial charge in [0, 0.05) is 40.0 Å². The van der Waals surface area contributed by atoms with Crippen molar-refractivity contribution >= 4 is 11.9 Å². The summed E-state index contributed by atoms with van der Waals surface area (Å²) in [6.07, 6.45) is 5.31. The summed E-state index contributed by atoms with van der Waals surface area (Å²) in [5.41, 5.74) is 0. The molecule has 7 nitrogen and oxygen atoms in total. The third kappa shape index (κ3) is 6.15. The van der Waals surface area contributed by atoms with E-state index in [1.807, 2.05) is 0 Å². The van der Waals surface area contributed by atoms with Crippen LogP contribution < -0.4 is 10.6 Å². The molecule has 1 saturated heterocycles. The Hall–Kier alpha value is -1.34. The number of carbonyl (C=O) groups is 1. The molecule has 1 amide bonds. The maximum Gasteiger partial charge on any atom is 0.243 e. The zero-order valence-electron chi connectivity index (χ0n) is 16.1. The minimum absolute atomic E-state index is 0.0200. The predicted octanol–water partition coefficient (Wildman–Crippen LogP) is 1.34. The minimum atomic E-state index is -0.367. The first kappa shape index (κ1) is 20.0. The van der Waals surface area contributed by atoms with E-state index in [9.17, 15) is 4.79 Å². The van der Waals surface area contributed by atoms with Crippen LogP contribution in [0.1, 0.15) is 46.0 Å². The maximum atomic E-state index is 11.7. The van der Waals surface area contributed by atoms with Crippen molar-refractivity contribution in [2.75, 3.05) is 40.3 Å². The lowest BCUT2D eigenvalue weighted by Gasteiger charge is -2.34. The van der Waals surface area contributed by atoms with E-state index < -0.39 is 0 Å². The number of hydrogen-bond donors (Lipinski definition) is 2. The number of aliphatic imine (C=N–C) groups is 1. The van der Waals surface area contributed by atoms with Crippen LogP contribution in [0.5, 0.6) is 0 Å². The molecule has 2 rings (SSSR count). The first-order chi connectivity index (χ1) is 11.9. The van der Waals surface area contributed by atoms with Crippen molar-refractivity contribution in [3.05, 3.63) is 0 Å². The van der Waals surface area contributed by atoms with Crippen LogP contribution in [0.3, 0.4) is 0 Å². The first-order valence-electron chi connectivity index (χ1n) is 9.48. The Kier molecular flexibility index (Phi) is 7.50. The summed E-state index contributed by atoms with van der Waals surface area (Å²) in [6.45, 7) is 6.57. The van der Waals surface area contributed by atoms with E-state index in [2.05, 4.69) is 29.5 Å². The lowest BCUT2D eigenvalue weighted by molar-refractivity contribution is -0.191. The molecule has 0 radical (unpaired) electrons. The van der Waals surface area contributed by atoms with Crippen molar-refractivity contribution in [2.45, 2.75) is 57.8 Å². The van der Waals surface area contributed by atoms with Gasteiger partial charge in [-0.2, -0.15) is 0 Å². The number of nitrogens with one attached hydrogen (secondary N) is 2. The smallest absolute Gasteiger partial charge is 0.243 e. The van der Waals surface area contributed by atoms with Gasteiger partial charge < -0.3 is 25.0 Å². The van der Waals surface area contributed by atoms with E-state index in [1.54, 1.807) is 19.0 Å². The molecule has 25 heavy (non-hydrogen) atoms. The Morgan fingerprint density at radius 1 is 1.28 bits per heavy atom. The molecule has 1 heterocycles. The average Bonchev–Trinajstić information content (AvgIpc) is 2.99. The molecule has 0 aromatic heterocycles. The fourth-order valence-corrected chi connectivity index (χ4v) is 3.10. The first-order valence-corrected chi connectivity index (χ1v) is 9.48. The van der Waals surface area contributed by atoms with Crippen LogP contribution in [0.2, 0.25) is 0 Å². The number of nitrogens with zero attached hydrogens (tertiary/aromatic N) is 2. The Labute approximate surface area is 151 Å². The maximum absolute atomic E-state index is 11.7. The molecule has 2 aliphatic rings. The Balaban J connectivity index is 1.81. The predicted molar refractivity (Wildman–Crippen MR) is 98.5 cm³/mol. The molecule has 1 aliphatic carbocycles. The fraction of sp³-hybridized carbons (Fsp3) is 0.889. The lowest BCUT2D eigenvalue weighted by Crippen LogP contribution is -2.43. The van der Waals surface area contributed by atoms with E-state index in [-0.39, 0.29) is 24.3 Å². The third-order valence-corrected chi connectivity index (χ3v) is 4.86. The standard InChI is InChI=1S/C18H34N4O3/c1-5-10-19-17(21-12-16(23)22(3)4)20-11-15-13-24-18(25-15)8-6-14(2)7-9-18/h14-15H,5-13H2,1-4H3,(H2,19,20,21). The second kappa shape index (κ2) is 9.38. The molecule has 1 unspecified atom stereocenters. The van der Waals surface area contributed by atoms with Gasteiger partial charge >= 0.3 is 0 Å². The number of rotatable bonds is 6. The van der Waals surface area contributed by atoms with Crippen LogP contribution in [0.15, 0.2) is 4.99 Å². The lowest BCUT2D eigenvalue weighted by atomic mass is 9.86. The van der Waals surface area contributed by atoms with Crippen LogP contribution in [0.4, 0.5) is 0 Å². The SMILES string of the molecule is CCCNC(=NCC(=O)N(C)C)NCC1COC2(CCC(C)CC2)O1. The summed E-state index contributed by atoms with van der Waals surface area (Å²) < 4.78 is 12.2. The number of guanidine groups is 1. The summed E-state index contributed by atoms with van der Waals surface area (Å²) in [7, 11) is 3.47. The van der Waals surface area contributed by atoms with Crippen LogP contribution in [-0.4, -0.2) is 69.0 Å². The average molecular weight is 354 g/mol. The fourth-order valence-electron chi connectivity index (χ4n) is 3.10. The molecule has 0 aromatic carbocycles. The van der Waals surface area contributed by atoms with Crippen LogP contribution in [-0.2, 0) is 14.3 Å². The molecule has 1 aliphatic heterocycles. The quantitative estimate of drug-likeness (QED) is 0.556. The van der Waals surface area contributed by atoms with Gasteiger partial charge in [0.1, 0.15) is 12.6 Å². The van der Waals surface area contributed by atoms with E-state index >= 15 is 0 Å². The minimum Gasteiger partial charge on any atom is -0.356 e. The topological polar surface area (TPSA) is 75.2 Å². The summed E-state index contributed by atoms with van der Waals surface area (Å²) in [6, 6.07) is 0. The van der Waals surface area contributed by atoms with Crippen molar-refractivity contribution in [1.82, 2.24) is 15.5 Å². The molecule has 144 valence electrons. The highest BCUT2D eigenvalue weighted by Gasteiger charge is 2.43. The van der Waals surface area contributed by atoms with Gasteiger partial charge in [-0.25, -0.2) is 4.99 Å². The highest BCUT2D eigenvalue weighted by molar-refractivity contribution is 5.84. The Morgan fingerprint density at radius 3 is 2.64 bits per heavy atom. The highest BCUT2D eigenvalue weighted by Crippen LogP contribution is 2.39. The van der Waals surface area contributed by atoms with Crippen molar-refractivity contribution in [3.8, 4) is 0 Å². The van der Waals surface area contributed by atoms with Gasteiger partial charge in [0.05, 0.1) is 6.61 Å². The summed E-state index contributed by atoms with van der Waals surface area (Å²) >= 11 is 0. The molecular formula is C18H34N4O3. The molecule has 0 aromatic rings. The molecule has 1 saturated carbocycles. The summed E-state index contributed by atoms with van der Waals surface area (Å²) in [4.78, 5) is 17.6. The zero-order valence-corrected chi connectivity index (χ0v) is 16.1. The highest BCUT2D eigenvalue weighted by atomic mass is 16.7. The van der Waals surface area contributed by atoms with Crippen molar-refractivity contribution in [1.29, 1.82) is 0 Å². The van der Waals surface area contributed by atoms with Crippen molar-refractivity contribution in [3.63, 3.8) is 0 Å². The molecule has 2 fully saturated rings. The third-order valence-electron chi connectivity index (χ3n) is 4.86. The van der Waals surface area contributed by atoms with E-state index in [4.69, 9.17) is 9.47 Å². The number of carbonyl (C=O) groups excluding carboxylic acids is 1. The Bertz CT molecular complexity index is 459. The second-order valence-electron chi connectivity index (χ2n) is 7.40. The Morgan fingerprint density at radius 2 is 2.00 bits per heavy atom. The summed E-state index contributed by atoms with van der Waals surface area (Å²) in [5, 5.41) is 6.52. The number of ether oxygens (including phenoxy) is 2. The van der Waals surface area contributed by atoms with Crippen molar-refractivity contribution < 1.29 is 14.3 Å². The molecule has 0 bridgehead atoms. The van der Waals surface area contributed by atoms with E-state index in [0.29, 0.717) is 19.1 Å². The van der Waals surface area contributed by atoms with Crippen LogP contribution >= 0.6 is 0 Å². The van der Waals surface area contributed by atoms with E-state index in [0.717, 1.165) is 44.6 Å². The molecule has 7 heteroatoms. The summed E-state index contributed by atoms with van der Waals surface area (Å²) in [5.74, 6) is 1.03. The van der Waals surface area contributed by atoms with Gasteiger partial charge in [-0.3, -0.25) is 4.79 Å². The van der Waals surface area contributed by atoms with Crippen LogP contribution in [0, 0.1) is 5.92 Å². The van der Waals surface area contributed by atoms with Gasteiger partial charge in [-0.1, -0.05) is 13.8 Å². The largest absolute Gasteiger partial charge is 0.356 e. The molecule has 2 N–H and O–H groups in total. The van der Waals surface area contributed by atoms with Gasteiger partial charge in [-0.05, 0) is 25.2 Å². The number of hydrogen-bond acceptors (Lipinski definition) is 4. The van der Waals surface area contributed by atoms with E-state index in [1.165, 1.54) is 0 Å². The van der Waals surface area contributed by atoms with Crippen molar-refractivity contribution in [2.24, 2.45) is 10.9 Å².